The third-order valence-corrected chi connectivity index (χ3v) is 5.66. The number of carbonyl (C=O) groups is 1. The van der Waals surface area contributed by atoms with Crippen LogP contribution in [0.2, 0.25) is 0 Å². The fraction of sp³-hybridized carbons (Fsp3) is 0.480. The summed E-state index contributed by atoms with van der Waals surface area (Å²) in [6.45, 7) is 5.40. The van der Waals surface area contributed by atoms with Crippen LogP contribution in [0.25, 0.3) is 0 Å². The van der Waals surface area contributed by atoms with E-state index in [1.54, 1.807) is 12.1 Å². The van der Waals surface area contributed by atoms with Gasteiger partial charge in [-0.3, -0.25) is 9.69 Å². The van der Waals surface area contributed by atoms with Crippen molar-refractivity contribution >= 4 is 11.6 Å². The second kappa shape index (κ2) is 11.3. The molecule has 2 N–H and O–H groups in total. The van der Waals surface area contributed by atoms with Gasteiger partial charge < -0.3 is 20.1 Å². The maximum absolute atomic E-state index is 12.2. The molecule has 2 aromatic carbocycles. The van der Waals surface area contributed by atoms with Gasteiger partial charge in [-0.15, -0.1) is 0 Å². The summed E-state index contributed by atoms with van der Waals surface area (Å²) in [5.74, 6) is 0.401. The largest absolute Gasteiger partial charge is 0.388 e. The molecule has 0 saturated heterocycles. The van der Waals surface area contributed by atoms with E-state index in [0.717, 1.165) is 11.3 Å². The highest BCUT2D eigenvalue weighted by molar-refractivity contribution is 5.94. The first-order valence-electron chi connectivity index (χ1n) is 11.1. The van der Waals surface area contributed by atoms with Crippen LogP contribution in [0.5, 0.6) is 0 Å². The summed E-state index contributed by atoms with van der Waals surface area (Å²) in [5.41, 5.74) is 4.07. The predicted octanol–water partition coefficient (Wildman–Crippen LogP) is 4.37. The molecule has 0 aliphatic heterocycles. The second-order valence-corrected chi connectivity index (χ2v) is 8.35. The lowest BCUT2D eigenvalue weighted by molar-refractivity contribution is -0.140. The number of hydrogen-bond donors (Lipinski definition) is 2. The van der Waals surface area contributed by atoms with E-state index in [9.17, 15) is 4.79 Å². The quantitative estimate of drug-likeness (QED) is 0.391. The smallest absolute Gasteiger partial charge is 0.251 e. The zero-order valence-corrected chi connectivity index (χ0v) is 19.1. The molecule has 6 heteroatoms. The Labute approximate surface area is 185 Å². The second-order valence-electron chi connectivity index (χ2n) is 8.35. The highest BCUT2D eigenvalue weighted by atomic mass is 16.7. The molecule has 1 amide bonds. The van der Waals surface area contributed by atoms with Crippen LogP contribution >= 0.6 is 0 Å². The van der Waals surface area contributed by atoms with E-state index in [1.165, 1.54) is 18.4 Å². The summed E-state index contributed by atoms with van der Waals surface area (Å²) >= 11 is 0. The number of anilines is 1. The van der Waals surface area contributed by atoms with Crippen LogP contribution in [0.1, 0.15) is 60.3 Å². The fourth-order valence-electron chi connectivity index (χ4n) is 3.47. The van der Waals surface area contributed by atoms with Crippen molar-refractivity contribution in [1.82, 2.24) is 10.2 Å². The van der Waals surface area contributed by atoms with Crippen LogP contribution in [0.15, 0.2) is 48.5 Å². The van der Waals surface area contributed by atoms with Crippen LogP contribution in [0.4, 0.5) is 5.69 Å². The van der Waals surface area contributed by atoms with Crippen LogP contribution < -0.4 is 10.6 Å². The molecular weight excluding hydrogens is 390 g/mol. The molecular formula is C25H35N3O3. The first-order valence-corrected chi connectivity index (χ1v) is 11.1. The molecule has 0 heterocycles. The average molecular weight is 426 g/mol. The Morgan fingerprint density at radius 3 is 2.29 bits per heavy atom. The zero-order chi connectivity index (χ0) is 22.2. The first-order chi connectivity index (χ1) is 15.0. The van der Waals surface area contributed by atoms with Gasteiger partial charge in [0, 0.05) is 30.9 Å². The van der Waals surface area contributed by atoms with Gasteiger partial charge in [-0.25, -0.2) is 0 Å². The van der Waals surface area contributed by atoms with Crippen molar-refractivity contribution in [1.29, 1.82) is 0 Å². The van der Waals surface area contributed by atoms with Gasteiger partial charge in [0.25, 0.3) is 5.91 Å². The number of ether oxygens (including phenoxy) is 2. The first kappa shape index (κ1) is 23.3. The molecule has 1 unspecified atom stereocenters. The van der Waals surface area contributed by atoms with Crippen molar-refractivity contribution in [3.8, 4) is 0 Å². The van der Waals surface area contributed by atoms with E-state index in [4.69, 9.17) is 9.47 Å². The van der Waals surface area contributed by atoms with Gasteiger partial charge in [0.15, 0.2) is 0 Å². The van der Waals surface area contributed by atoms with Crippen LogP contribution in [0, 0.1) is 0 Å². The van der Waals surface area contributed by atoms with Crippen molar-refractivity contribution in [2.75, 3.05) is 39.4 Å². The Kier molecular flexibility index (Phi) is 8.46. The third kappa shape index (κ3) is 6.79. The van der Waals surface area contributed by atoms with E-state index in [2.05, 4.69) is 60.7 Å². The standard InChI is InChI=1S/C25H35N3O3/c1-18(2)19-5-7-21(8-6-19)25(28(4)23-13-14-23)31-17-30-16-15-27-24(29)20-9-11-22(26-3)12-10-20/h5-12,18,23,25-26H,13-17H2,1-4H3,(H,27,29). The minimum atomic E-state index is -0.131. The summed E-state index contributed by atoms with van der Waals surface area (Å²) in [6.07, 6.45) is 2.29. The van der Waals surface area contributed by atoms with Gasteiger partial charge in [0.05, 0.1) is 6.61 Å². The van der Waals surface area contributed by atoms with Gasteiger partial charge in [-0.2, -0.15) is 0 Å². The Hall–Kier alpha value is -2.41. The molecule has 1 aliphatic rings. The summed E-state index contributed by atoms with van der Waals surface area (Å²) in [5, 5.41) is 5.91. The minimum absolute atomic E-state index is 0.108. The van der Waals surface area contributed by atoms with Gasteiger partial charge >= 0.3 is 0 Å². The maximum Gasteiger partial charge on any atom is 0.251 e. The summed E-state index contributed by atoms with van der Waals surface area (Å²) in [7, 11) is 3.96. The number of nitrogens with zero attached hydrogens (tertiary/aromatic N) is 1. The monoisotopic (exact) mass is 425 g/mol. The number of carbonyl (C=O) groups excluding carboxylic acids is 1. The van der Waals surface area contributed by atoms with Crippen LogP contribution in [-0.4, -0.2) is 50.9 Å². The Bertz CT molecular complexity index is 817. The predicted molar refractivity (Wildman–Crippen MR) is 124 cm³/mol. The Morgan fingerprint density at radius 1 is 1.06 bits per heavy atom. The lowest BCUT2D eigenvalue weighted by Gasteiger charge is -2.28. The van der Waals surface area contributed by atoms with E-state index in [-0.39, 0.29) is 18.9 Å². The summed E-state index contributed by atoms with van der Waals surface area (Å²) in [6, 6.07) is 16.6. The molecule has 1 aliphatic carbocycles. The van der Waals surface area contributed by atoms with Gasteiger partial charge in [-0.1, -0.05) is 38.1 Å². The Morgan fingerprint density at radius 2 is 1.71 bits per heavy atom. The molecule has 0 spiro atoms. The van der Waals surface area contributed by atoms with E-state index in [0.29, 0.717) is 30.7 Å². The van der Waals surface area contributed by atoms with Gasteiger partial charge in [0.2, 0.25) is 0 Å². The molecule has 2 aromatic rings. The summed E-state index contributed by atoms with van der Waals surface area (Å²) in [4.78, 5) is 14.5. The number of rotatable bonds is 12. The van der Waals surface area contributed by atoms with Crippen molar-refractivity contribution in [2.45, 2.75) is 44.9 Å². The van der Waals surface area contributed by atoms with Gasteiger partial charge in [-0.05, 0) is 61.2 Å². The topological polar surface area (TPSA) is 62.8 Å². The zero-order valence-electron chi connectivity index (χ0n) is 19.1. The molecule has 1 saturated carbocycles. The molecule has 31 heavy (non-hydrogen) atoms. The summed E-state index contributed by atoms with van der Waals surface area (Å²) < 4.78 is 11.7. The highest BCUT2D eigenvalue weighted by Gasteiger charge is 2.32. The van der Waals surface area contributed by atoms with E-state index >= 15 is 0 Å². The molecule has 1 fully saturated rings. The molecule has 168 valence electrons. The van der Waals surface area contributed by atoms with Crippen molar-refractivity contribution in [2.24, 2.45) is 0 Å². The number of amides is 1. The van der Waals surface area contributed by atoms with Crippen molar-refractivity contribution in [3.63, 3.8) is 0 Å². The van der Waals surface area contributed by atoms with Gasteiger partial charge in [0.1, 0.15) is 13.0 Å². The number of benzene rings is 2. The van der Waals surface area contributed by atoms with Crippen LogP contribution in [-0.2, 0) is 9.47 Å². The molecule has 1 atom stereocenters. The van der Waals surface area contributed by atoms with Crippen molar-refractivity contribution in [3.05, 3.63) is 65.2 Å². The highest BCUT2D eigenvalue weighted by Crippen LogP contribution is 2.34. The average Bonchev–Trinajstić information content (AvgIpc) is 3.64. The number of hydrogen-bond acceptors (Lipinski definition) is 5. The normalized spacial score (nSPS) is 14.6. The van der Waals surface area contributed by atoms with E-state index < -0.39 is 0 Å². The Balaban J connectivity index is 1.43. The molecule has 0 bridgehead atoms. The molecule has 0 aromatic heterocycles. The van der Waals surface area contributed by atoms with Crippen molar-refractivity contribution < 1.29 is 14.3 Å². The molecule has 6 nitrogen and oxygen atoms in total. The third-order valence-electron chi connectivity index (χ3n) is 5.66. The molecule has 3 rings (SSSR count). The van der Waals surface area contributed by atoms with Crippen LogP contribution in [0.3, 0.4) is 0 Å². The lowest BCUT2D eigenvalue weighted by atomic mass is 10.0. The minimum Gasteiger partial charge on any atom is -0.388 e. The fourth-order valence-corrected chi connectivity index (χ4v) is 3.47. The SMILES string of the molecule is CNc1ccc(C(=O)NCCOCOC(c2ccc(C(C)C)cc2)N(C)C2CC2)cc1. The number of nitrogens with one attached hydrogen (secondary N) is 2. The molecule has 0 radical (unpaired) electrons. The van der Waals surface area contributed by atoms with E-state index in [1.807, 2.05) is 19.2 Å². The lowest BCUT2D eigenvalue weighted by Crippen LogP contribution is -2.30. The maximum atomic E-state index is 12.2.